The number of carbonyl (C=O) groups is 1. The molecule has 6 heteroatoms. The quantitative estimate of drug-likeness (QED) is 0.906. The molecule has 116 valence electrons. The van der Waals surface area contributed by atoms with Gasteiger partial charge in [0.05, 0.1) is 11.9 Å². The smallest absolute Gasteiger partial charge is 0.339 e. The van der Waals surface area contributed by atoms with E-state index in [1.807, 2.05) is 7.05 Å². The van der Waals surface area contributed by atoms with E-state index in [1.54, 1.807) is 4.68 Å². The van der Waals surface area contributed by atoms with Gasteiger partial charge in [-0.05, 0) is 26.3 Å². The second kappa shape index (κ2) is 5.77. The number of carboxylic acids is 1. The van der Waals surface area contributed by atoms with Crippen molar-refractivity contribution in [1.29, 1.82) is 0 Å². The maximum Gasteiger partial charge on any atom is 0.339 e. The molecule has 1 aromatic rings. The maximum atomic E-state index is 11.3. The number of piperidine rings is 1. The molecule has 2 unspecified atom stereocenters. The number of carboxylic acid groups (broad SMARTS) is 1. The largest absolute Gasteiger partial charge is 0.478 e. The first-order chi connectivity index (χ1) is 10.1. The molecule has 2 fully saturated rings. The Bertz CT molecular complexity index is 528. The van der Waals surface area contributed by atoms with Gasteiger partial charge in [0.2, 0.25) is 0 Å². The molecule has 6 nitrogen and oxygen atoms in total. The predicted molar refractivity (Wildman–Crippen MR) is 79.3 cm³/mol. The van der Waals surface area contributed by atoms with Crippen molar-refractivity contribution >= 4 is 5.97 Å². The number of aromatic nitrogens is 2. The molecule has 2 atom stereocenters. The summed E-state index contributed by atoms with van der Waals surface area (Å²) < 4.78 is 1.70. The van der Waals surface area contributed by atoms with Gasteiger partial charge in [-0.1, -0.05) is 6.42 Å². The van der Waals surface area contributed by atoms with Crippen LogP contribution in [0.5, 0.6) is 0 Å². The highest BCUT2D eigenvalue weighted by molar-refractivity contribution is 5.88. The standard InChI is InChI=1S/C15H24N4O2/c1-11-8-18-6-4-3-5-12(18)9-19(11)10-14-13(15(20)21)7-16-17(14)2/h7,11-12H,3-6,8-10H2,1-2H3,(H,20,21). The molecule has 2 aliphatic heterocycles. The summed E-state index contributed by atoms with van der Waals surface area (Å²) >= 11 is 0. The SMILES string of the molecule is CC1CN2CCCCC2CN1Cc1c(C(=O)O)cnn1C. The van der Waals surface area contributed by atoms with Crippen LogP contribution in [0, 0.1) is 0 Å². The summed E-state index contributed by atoms with van der Waals surface area (Å²) in [6.45, 7) is 6.25. The van der Waals surface area contributed by atoms with Crippen LogP contribution >= 0.6 is 0 Å². The zero-order valence-corrected chi connectivity index (χ0v) is 12.8. The molecule has 0 radical (unpaired) electrons. The first kappa shape index (κ1) is 14.5. The highest BCUT2D eigenvalue weighted by atomic mass is 16.4. The van der Waals surface area contributed by atoms with Gasteiger partial charge in [-0.3, -0.25) is 14.5 Å². The van der Waals surface area contributed by atoms with Crippen molar-refractivity contribution in [3.8, 4) is 0 Å². The minimum absolute atomic E-state index is 0.329. The van der Waals surface area contributed by atoms with Gasteiger partial charge in [-0.2, -0.15) is 5.10 Å². The van der Waals surface area contributed by atoms with Crippen molar-refractivity contribution in [3.63, 3.8) is 0 Å². The van der Waals surface area contributed by atoms with Crippen molar-refractivity contribution < 1.29 is 9.90 Å². The second-order valence-electron chi connectivity index (χ2n) is 6.36. The lowest BCUT2D eigenvalue weighted by atomic mass is 9.97. The van der Waals surface area contributed by atoms with Crippen LogP contribution in [0.1, 0.15) is 42.2 Å². The minimum Gasteiger partial charge on any atom is -0.478 e. The van der Waals surface area contributed by atoms with Crippen LogP contribution in [0.3, 0.4) is 0 Å². The molecule has 0 amide bonds. The zero-order valence-electron chi connectivity index (χ0n) is 12.8. The monoisotopic (exact) mass is 292 g/mol. The molecule has 0 aromatic carbocycles. The van der Waals surface area contributed by atoms with Crippen molar-refractivity contribution in [1.82, 2.24) is 19.6 Å². The van der Waals surface area contributed by atoms with E-state index in [0.717, 1.165) is 18.8 Å². The topological polar surface area (TPSA) is 61.6 Å². The Labute approximate surface area is 125 Å². The van der Waals surface area contributed by atoms with Crippen molar-refractivity contribution in [3.05, 3.63) is 17.5 Å². The van der Waals surface area contributed by atoms with Crippen molar-refractivity contribution in [2.75, 3.05) is 19.6 Å². The van der Waals surface area contributed by atoms with Gasteiger partial charge in [0.1, 0.15) is 5.56 Å². The van der Waals surface area contributed by atoms with Gasteiger partial charge in [0.25, 0.3) is 0 Å². The molecular weight excluding hydrogens is 268 g/mol. The number of nitrogens with zero attached hydrogens (tertiary/aromatic N) is 4. The molecule has 3 rings (SSSR count). The van der Waals surface area contributed by atoms with Gasteiger partial charge in [-0.15, -0.1) is 0 Å². The van der Waals surface area contributed by atoms with Crippen LogP contribution in [-0.2, 0) is 13.6 Å². The van der Waals surface area contributed by atoms with Crippen molar-refractivity contribution in [2.24, 2.45) is 7.05 Å². The molecule has 0 saturated carbocycles. The number of hydrogen-bond donors (Lipinski definition) is 1. The predicted octanol–water partition coefficient (Wildman–Crippen LogP) is 1.18. The van der Waals surface area contributed by atoms with E-state index in [4.69, 9.17) is 0 Å². The number of hydrogen-bond acceptors (Lipinski definition) is 4. The molecule has 1 aromatic heterocycles. The second-order valence-corrected chi connectivity index (χ2v) is 6.36. The highest BCUT2D eigenvalue weighted by Gasteiger charge is 2.33. The lowest BCUT2D eigenvalue weighted by molar-refractivity contribution is 0.00975. The first-order valence-electron chi connectivity index (χ1n) is 7.78. The first-order valence-corrected chi connectivity index (χ1v) is 7.78. The lowest BCUT2D eigenvalue weighted by Gasteiger charge is -2.47. The average Bonchev–Trinajstić information content (AvgIpc) is 2.81. The molecule has 2 saturated heterocycles. The van der Waals surface area contributed by atoms with Crippen LogP contribution in [0.15, 0.2) is 6.20 Å². The third-order valence-corrected chi connectivity index (χ3v) is 4.96. The normalized spacial score (nSPS) is 27.5. The average molecular weight is 292 g/mol. The summed E-state index contributed by atoms with van der Waals surface area (Å²) in [6, 6.07) is 1.09. The summed E-state index contributed by atoms with van der Waals surface area (Å²) in [5, 5.41) is 13.4. The third kappa shape index (κ3) is 2.82. The van der Waals surface area contributed by atoms with E-state index >= 15 is 0 Å². The number of aromatic carboxylic acids is 1. The van der Waals surface area contributed by atoms with Crippen LogP contribution in [0.25, 0.3) is 0 Å². The number of fused-ring (bicyclic) bond motifs is 1. The Hall–Kier alpha value is -1.40. The highest BCUT2D eigenvalue weighted by Crippen LogP contribution is 2.25. The minimum atomic E-state index is -0.887. The molecule has 2 aliphatic rings. The number of piperazine rings is 1. The molecule has 0 spiro atoms. The van der Waals surface area contributed by atoms with Crippen LogP contribution in [0.4, 0.5) is 0 Å². The molecule has 3 heterocycles. The summed E-state index contributed by atoms with van der Waals surface area (Å²) in [5.74, 6) is -0.887. The fourth-order valence-electron chi connectivity index (χ4n) is 3.65. The zero-order chi connectivity index (χ0) is 15.0. The van der Waals surface area contributed by atoms with Crippen LogP contribution in [0.2, 0.25) is 0 Å². The summed E-state index contributed by atoms with van der Waals surface area (Å²) in [5.41, 5.74) is 1.13. The summed E-state index contributed by atoms with van der Waals surface area (Å²) in [6.07, 6.45) is 5.35. The Balaban J connectivity index is 1.75. The Morgan fingerprint density at radius 1 is 1.43 bits per heavy atom. The van der Waals surface area contributed by atoms with E-state index in [0.29, 0.717) is 24.2 Å². The molecule has 0 bridgehead atoms. The van der Waals surface area contributed by atoms with Gasteiger partial charge >= 0.3 is 5.97 Å². The number of aryl methyl sites for hydroxylation is 1. The Morgan fingerprint density at radius 3 is 3.00 bits per heavy atom. The van der Waals surface area contributed by atoms with Gasteiger partial charge in [-0.25, -0.2) is 4.79 Å². The summed E-state index contributed by atoms with van der Waals surface area (Å²) in [7, 11) is 1.82. The van der Waals surface area contributed by atoms with Gasteiger partial charge < -0.3 is 5.11 Å². The third-order valence-electron chi connectivity index (χ3n) is 4.96. The maximum absolute atomic E-state index is 11.3. The molecule has 0 aliphatic carbocycles. The van der Waals surface area contributed by atoms with Crippen molar-refractivity contribution in [2.45, 2.75) is 44.8 Å². The Morgan fingerprint density at radius 2 is 2.24 bits per heavy atom. The van der Waals surface area contributed by atoms with E-state index < -0.39 is 5.97 Å². The summed E-state index contributed by atoms with van der Waals surface area (Å²) in [4.78, 5) is 16.3. The number of rotatable bonds is 3. The van der Waals surface area contributed by atoms with E-state index in [-0.39, 0.29) is 0 Å². The molecule has 1 N–H and O–H groups in total. The molecular formula is C15H24N4O2. The lowest BCUT2D eigenvalue weighted by Crippen LogP contribution is -2.58. The Kier molecular flexibility index (Phi) is 3.99. The van der Waals surface area contributed by atoms with Crippen LogP contribution < -0.4 is 0 Å². The molecule has 21 heavy (non-hydrogen) atoms. The van der Waals surface area contributed by atoms with Gasteiger partial charge in [0.15, 0.2) is 0 Å². The van der Waals surface area contributed by atoms with Gasteiger partial charge in [0, 0.05) is 38.8 Å². The van der Waals surface area contributed by atoms with E-state index in [1.165, 1.54) is 32.0 Å². The van der Waals surface area contributed by atoms with E-state index in [9.17, 15) is 9.90 Å². The fraction of sp³-hybridized carbons (Fsp3) is 0.733. The van der Waals surface area contributed by atoms with E-state index in [2.05, 4.69) is 21.8 Å². The fourth-order valence-corrected chi connectivity index (χ4v) is 3.65. The van der Waals surface area contributed by atoms with Crippen LogP contribution in [-0.4, -0.2) is 62.4 Å².